The molecule has 1 atom stereocenters. The third-order valence-corrected chi connectivity index (χ3v) is 5.65. The number of rotatable bonds is 8. The summed E-state index contributed by atoms with van der Waals surface area (Å²) in [5.41, 5.74) is 1.05. The Bertz CT molecular complexity index is 849. The first-order chi connectivity index (χ1) is 14.2. The predicted molar refractivity (Wildman–Crippen MR) is 104 cm³/mol. The number of amides is 2. The molecule has 1 unspecified atom stereocenters. The molecule has 0 spiro atoms. The van der Waals surface area contributed by atoms with Crippen molar-refractivity contribution in [3.63, 3.8) is 0 Å². The summed E-state index contributed by atoms with van der Waals surface area (Å²) < 4.78 is 5.39. The predicted octanol–water partition coefficient (Wildman–Crippen LogP) is 2.52. The molecule has 0 bridgehead atoms. The van der Waals surface area contributed by atoms with Crippen LogP contribution in [0.5, 0.6) is 0 Å². The van der Waals surface area contributed by atoms with Crippen molar-refractivity contribution in [2.24, 2.45) is 5.92 Å². The smallest absolute Gasteiger partial charge is 0.227 e. The molecule has 8 heteroatoms. The van der Waals surface area contributed by atoms with Crippen molar-refractivity contribution in [1.29, 1.82) is 0 Å². The number of aromatic nitrogens is 3. The maximum Gasteiger partial charge on any atom is 0.227 e. The molecule has 0 radical (unpaired) electrons. The lowest BCUT2D eigenvalue weighted by Crippen LogP contribution is -2.32. The first-order valence-electron chi connectivity index (χ1n) is 10.5. The van der Waals surface area contributed by atoms with Crippen molar-refractivity contribution in [3.8, 4) is 0 Å². The number of carbonyl (C=O) groups is 2. The average molecular weight is 397 g/mol. The molecule has 2 fully saturated rings. The van der Waals surface area contributed by atoms with Gasteiger partial charge in [-0.3, -0.25) is 14.6 Å². The topological polar surface area (TPSA) is 92.4 Å². The average Bonchev–Trinajstić information content (AvgIpc) is 3.29. The maximum absolute atomic E-state index is 12.6. The molecule has 2 aromatic rings. The second-order valence-corrected chi connectivity index (χ2v) is 7.77. The lowest BCUT2D eigenvalue weighted by atomic mass is 10.2. The minimum atomic E-state index is -0.0878. The highest BCUT2D eigenvalue weighted by molar-refractivity contribution is 5.81. The summed E-state index contributed by atoms with van der Waals surface area (Å²) in [6, 6.07) is 3.74. The van der Waals surface area contributed by atoms with Gasteiger partial charge < -0.3 is 14.3 Å². The van der Waals surface area contributed by atoms with Gasteiger partial charge in [0.1, 0.15) is 0 Å². The van der Waals surface area contributed by atoms with Crippen molar-refractivity contribution in [2.45, 2.75) is 58.0 Å². The van der Waals surface area contributed by atoms with Gasteiger partial charge in [-0.1, -0.05) is 5.16 Å². The molecule has 1 saturated heterocycles. The van der Waals surface area contributed by atoms with Crippen LogP contribution in [0, 0.1) is 5.92 Å². The highest BCUT2D eigenvalue weighted by Crippen LogP contribution is 2.37. The van der Waals surface area contributed by atoms with Crippen LogP contribution in [0.15, 0.2) is 29.0 Å². The normalized spacial score (nSPS) is 18.8. The fraction of sp³-hybridized carbons (Fsp3) is 0.571. The molecule has 2 aliphatic rings. The van der Waals surface area contributed by atoms with Crippen molar-refractivity contribution in [1.82, 2.24) is 24.9 Å². The number of hydrogen-bond donors (Lipinski definition) is 0. The van der Waals surface area contributed by atoms with Crippen LogP contribution >= 0.6 is 0 Å². The molecule has 1 saturated carbocycles. The van der Waals surface area contributed by atoms with Crippen LogP contribution in [0.3, 0.4) is 0 Å². The molecule has 1 aliphatic heterocycles. The van der Waals surface area contributed by atoms with Crippen LogP contribution in [-0.2, 0) is 22.6 Å². The standard InChI is InChI=1S/C21H27N5O3/c1-2-25(14-15-9-11-22-12-10-15)19(27)8-7-18-23-20(24-29-18)17-4-3-13-26(17)21(28)16-5-6-16/h9-12,16-17H,2-8,13-14H2,1H3. The van der Waals surface area contributed by atoms with Crippen LogP contribution in [0.1, 0.15) is 62.3 Å². The number of aryl methyl sites for hydroxylation is 1. The second kappa shape index (κ2) is 8.71. The van der Waals surface area contributed by atoms with Gasteiger partial charge in [-0.05, 0) is 50.3 Å². The van der Waals surface area contributed by atoms with Gasteiger partial charge in [-0.25, -0.2) is 0 Å². The van der Waals surface area contributed by atoms with Gasteiger partial charge >= 0.3 is 0 Å². The van der Waals surface area contributed by atoms with Crippen LogP contribution in [0.4, 0.5) is 0 Å². The van der Waals surface area contributed by atoms with E-state index in [0.29, 0.717) is 37.6 Å². The quantitative estimate of drug-likeness (QED) is 0.680. The summed E-state index contributed by atoms with van der Waals surface area (Å²) in [5.74, 6) is 1.50. The Kier molecular flexibility index (Phi) is 5.87. The van der Waals surface area contributed by atoms with Crippen LogP contribution < -0.4 is 0 Å². The van der Waals surface area contributed by atoms with Gasteiger partial charge in [0, 0.05) is 50.8 Å². The van der Waals surface area contributed by atoms with E-state index >= 15 is 0 Å². The first kappa shape index (κ1) is 19.5. The summed E-state index contributed by atoms with van der Waals surface area (Å²) in [6.07, 6.45) is 8.00. The molecule has 154 valence electrons. The van der Waals surface area contributed by atoms with E-state index in [0.717, 1.165) is 37.8 Å². The van der Waals surface area contributed by atoms with Crippen LogP contribution in [-0.4, -0.2) is 49.8 Å². The molecule has 2 aromatic heterocycles. The highest BCUT2D eigenvalue weighted by atomic mass is 16.5. The molecule has 29 heavy (non-hydrogen) atoms. The zero-order valence-electron chi connectivity index (χ0n) is 16.8. The van der Waals surface area contributed by atoms with Gasteiger partial charge in [0.2, 0.25) is 17.7 Å². The third kappa shape index (κ3) is 4.63. The molecular formula is C21H27N5O3. The van der Waals surface area contributed by atoms with Gasteiger partial charge in [0.25, 0.3) is 0 Å². The van der Waals surface area contributed by atoms with E-state index in [2.05, 4.69) is 15.1 Å². The van der Waals surface area contributed by atoms with Gasteiger partial charge in [-0.2, -0.15) is 4.98 Å². The third-order valence-electron chi connectivity index (χ3n) is 5.65. The summed E-state index contributed by atoms with van der Waals surface area (Å²) in [5, 5.41) is 4.11. The van der Waals surface area contributed by atoms with Crippen molar-refractivity contribution < 1.29 is 14.1 Å². The summed E-state index contributed by atoms with van der Waals surface area (Å²) in [6.45, 7) is 3.93. The molecule has 0 N–H and O–H groups in total. The summed E-state index contributed by atoms with van der Waals surface area (Å²) >= 11 is 0. The van der Waals surface area contributed by atoms with E-state index in [4.69, 9.17) is 4.52 Å². The Morgan fingerprint density at radius 1 is 1.24 bits per heavy atom. The number of nitrogens with zero attached hydrogens (tertiary/aromatic N) is 5. The van der Waals surface area contributed by atoms with Gasteiger partial charge in [-0.15, -0.1) is 0 Å². The zero-order valence-corrected chi connectivity index (χ0v) is 16.8. The fourth-order valence-electron chi connectivity index (χ4n) is 3.83. The number of hydrogen-bond acceptors (Lipinski definition) is 6. The largest absolute Gasteiger partial charge is 0.339 e. The Morgan fingerprint density at radius 3 is 2.76 bits per heavy atom. The van der Waals surface area contributed by atoms with Gasteiger partial charge in [0.15, 0.2) is 5.82 Å². The van der Waals surface area contributed by atoms with E-state index in [9.17, 15) is 9.59 Å². The van der Waals surface area contributed by atoms with Crippen molar-refractivity contribution in [2.75, 3.05) is 13.1 Å². The summed E-state index contributed by atoms with van der Waals surface area (Å²) in [7, 11) is 0. The minimum absolute atomic E-state index is 0.0514. The Hall–Kier alpha value is -2.77. The number of pyridine rings is 1. The van der Waals surface area contributed by atoms with E-state index in [1.165, 1.54) is 0 Å². The molecule has 0 aromatic carbocycles. The van der Waals surface area contributed by atoms with E-state index in [1.807, 2.05) is 24.0 Å². The SMILES string of the molecule is CCN(Cc1ccncc1)C(=O)CCc1nc(C2CCCN2C(=O)C2CC2)no1. The number of carbonyl (C=O) groups excluding carboxylic acids is 2. The Labute approximate surface area is 170 Å². The van der Waals surface area contributed by atoms with E-state index < -0.39 is 0 Å². The fourth-order valence-corrected chi connectivity index (χ4v) is 3.83. The lowest BCUT2D eigenvalue weighted by molar-refractivity contribution is -0.133. The summed E-state index contributed by atoms with van der Waals surface area (Å²) in [4.78, 5) is 37.3. The minimum Gasteiger partial charge on any atom is -0.339 e. The van der Waals surface area contributed by atoms with Crippen molar-refractivity contribution in [3.05, 3.63) is 41.8 Å². The highest BCUT2D eigenvalue weighted by Gasteiger charge is 2.40. The molecular weight excluding hydrogens is 370 g/mol. The maximum atomic E-state index is 12.6. The lowest BCUT2D eigenvalue weighted by Gasteiger charge is -2.22. The molecule has 4 rings (SSSR count). The van der Waals surface area contributed by atoms with Crippen LogP contribution in [0.2, 0.25) is 0 Å². The Balaban J connectivity index is 1.32. The molecule has 1 aliphatic carbocycles. The van der Waals surface area contributed by atoms with E-state index in [1.54, 1.807) is 17.3 Å². The first-order valence-corrected chi connectivity index (χ1v) is 10.5. The monoisotopic (exact) mass is 397 g/mol. The second-order valence-electron chi connectivity index (χ2n) is 7.77. The molecule has 3 heterocycles. The van der Waals surface area contributed by atoms with Gasteiger partial charge in [0.05, 0.1) is 6.04 Å². The van der Waals surface area contributed by atoms with Crippen molar-refractivity contribution >= 4 is 11.8 Å². The van der Waals surface area contributed by atoms with E-state index in [-0.39, 0.29) is 23.8 Å². The number of likely N-dealkylation sites (tertiary alicyclic amines) is 1. The van der Waals surface area contributed by atoms with Crippen LogP contribution in [0.25, 0.3) is 0 Å². The molecule has 8 nitrogen and oxygen atoms in total. The Morgan fingerprint density at radius 2 is 2.03 bits per heavy atom. The zero-order chi connectivity index (χ0) is 20.2. The molecule has 2 amide bonds.